The topological polar surface area (TPSA) is 38.0 Å². The van der Waals surface area contributed by atoms with Crippen LogP contribution in [0.1, 0.15) is 30.7 Å². The van der Waals surface area contributed by atoms with Gasteiger partial charge >= 0.3 is 0 Å². The highest BCUT2D eigenvalue weighted by Gasteiger charge is 2.24. The van der Waals surface area contributed by atoms with Crippen LogP contribution in [0.4, 0.5) is 0 Å². The molecule has 0 radical (unpaired) electrons. The van der Waals surface area contributed by atoms with Crippen molar-refractivity contribution in [1.82, 2.24) is 9.78 Å². The van der Waals surface area contributed by atoms with Gasteiger partial charge in [0.15, 0.2) is 0 Å². The van der Waals surface area contributed by atoms with Gasteiger partial charge in [-0.2, -0.15) is 5.10 Å². The molecule has 0 aliphatic rings. The number of nitrogens with zero attached hydrogens (tertiary/aromatic N) is 2. The summed E-state index contributed by atoms with van der Waals surface area (Å²) in [4.78, 5) is 0. The van der Waals surface area contributed by atoms with Crippen LogP contribution in [0.2, 0.25) is 0 Å². The van der Waals surface area contributed by atoms with Crippen LogP contribution in [0.25, 0.3) is 0 Å². The Bertz CT molecular complexity index is 512. The molecule has 1 aromatic heterocycles. The van der Waals surface area contributed by atoms with E-state index in [0.29, 0.717) is 6.42 Å². The summed E-state index contributed by atoms with van der Waals surface area (Å²) in [6, 6.07) is 10.1. The highest BCUT2D eigenvalue weighted by Crippen LogP contribution is 2.25. The van der Waals surface area contributed by atoms with Gasteiger partial charge in [-0.15, -0.1) is 0 Å². The van der Waals surface area contributed by atoms with E-state index in [1.807, 2.05) is 38.4 Å². The van der Waals surface area contributed by atoms with E-state index < -0.39 is 5.60 Å². The molecule has 0 saturated heterocycles. The molecule has 3 nitrogen and oxygen atoms in total. The zero-order valence-corrected chi connectivity index (χ0v) is 11.2. The summed E-state index contributed by atoms with van der Waals surface area (Å²) in [5, 5.41) is 14.9. The molecule has 1 aromatic carbocycles. The average Bonchev–Trinajstić information content (AvgIpc) is 2.74. The Hall–Kier alpha value is -1.61. The standard InChI is InChI=1S/C15H20N2O/c1-4-12-5-7-13(8-6-12)15(2,18)11-14-9-10-17(3)16-14/h5-10,18H,4,11H2,1-3H3. The van der Waals surface area contributed by atoms with Crippen molar-refractivity contribution < 1.29 is 5.11 Å². The molecule has 0 bridgehead atoms. The number of aromatic nitrogens is 2. The van der Waals surface area contributed by atoms with E-state index in [9.17, 15) is 5.11 Å². The summed E-state index contributed by atoms with van der Waals surface area (Å²) < 4.78 is 1.76. The number of aliphatic hydroxyl groups is 1. The van der Waals surface area contributed by atoms with E-state index in [4.69, 9.17) is 0 Å². The van der Waals surface area contributed by atoms with Crippen LogP contribution in [0, 0.1) is 0 Å². The third-order valence-electron chi connectivity index (χ3n) is 3.28. The first-order valence-corrected chi connectivity index (χ1v) is 6.31. The number of hydrogen-bond acceptors (Lipinski definition) is 2. The van der Waals surface area contributed by atoms with Gasteiger partial charge in [-0.3, -0.25) is 4.68 Å². The van der Waals surface area contributed by atoms with Gasteiger partial charge in [0.25, 0.3) is 0 Å². The molecule has 0 aliphatic heterocycles. The van der Waals surface area contributed by atoms with E-state index in [1.165, 1.54) is 5.56 Å². The predicted octanol–water partition coefficient (Wildman–Crippen LogP) is 2.43. The van der Waals surface area contributed by atoms with E-state index in [2.05, 4.69) is 24.2 Å². The largest absolute Gasteiger partial charge is 0.385 e. The van der Waals surface area contributed by atoms with Crippen molar-refractivity contribution in [3.8, 4) is 0 Å². The molecule has 2 rings (SSSR count). The van der Waals surface area contributed by atoms with E-state index in [0.717, 1.165) is 17.7 Å². The maximum atomic E-state index is 10.6. The van der Waals surface area contributed by atoms with Gasteiger partial charge in [0, 0.05) is 19.7 Å². The molecular weight excluding hydrogens is 224 g/mol. The number of rotatable bonds is 4. The molecular formula is C15H20N2O. The molecule has 1 unspecified atom stereocenters. The maximum Gasteiger partial charge on any atom is 0.0924 e. The molecule has 0 fully saturated rings. The maximum absolute atomic E-state index is 10.6. The summed E-state index contributed by atoms with van der Waals surface area (Å²) in [5.41, 5.74) is 2.25. The average molecular weight is 244 g/mol. The number of benzene rings is 1. The molecule has 0 aliphatic carbocycles. The summed E-state index contributed by atoms with van der Waals surface area (Å²) in [6.45, 7) is 3.96. The highest BCUT2D eigenvalue weighted by atomic mass is 16.3. The molecule has 18 heavy (non-hydrogen) atoms. The van der Waals surface area contributed by atoms with Crippen LogP contribution in [0.3, 0.4) is 0 Å². The molecule has 0 spiro atoms. The third kappa shape index (κ3) is 2.79. The Morgan fingerprint density at radius 2 is 1.89 bits per heavy atom. The van der Waals surface area contributed by atoms with E-state index >= 15 is 0 Å². The first-order chi connectivity index (χ1) is 8.51. The van der Waals surface area contributed by atoms with Gasteiger partial charge in [0.1, 0.15) is 0 Å². The van der Waals surface area contributed by atoms with Crippen LogP contribution in [-0.4, -0.2) is 14.9 Å². The molecule has 96 valence electrons. The number of aryl methyl sites for hydroxylation is 2. The van der Waals surface area contributed by atoms with E-state index in [1.54, 1.807) is 4.68 Å². The van der Waals surface area contributed by atoms with Gasteiger partial charge in [-0.1, -0.05) is 31.2 Å². The lowest BCUT2D eigenvalue weighted by atomic mass is 9.90. The monoisotopic (exact) mass is 244 g/mol. The lowest BCUT2D eigenvalue weighted by molar-refractivity contribution is 0.0564. The fraction of sp³-hybridized carbons (Fsp3) is 0.400. The van der Waals surface area contributed by atoms with Crippen LogP contribution < -0.4 is 0 Å². The molecule has 3 heteroatoms. The zero-order chi connectivity index (χ0) is 13.2. The second-order valence-electron chi connectivity index (χ2n) is 4.98. The van der Waals surface area contributed by atoms with Gasteiger partial charge in [-0.05, 0) is 30.5 Å². The SMILES string of the molecule is CCc1ccc(C(C)(O)Cc2ccn(C)n2)cc1. The lowest BCUT2D eigenvalue weighted by Gasteiger charge is -2.23. The Kier molecular flexibility index (Phi) is 3.53. The van der Waals surface area contributed by atoms with Crippen molar-refractivity contribution in [3.05, 3.63) is 53.3 Å². The summed E-state index contributed by atoms with van der Waals surface area (Å²) in [7, 11) is 1.88. The Balaban J connectivity index is 2.18. The highest BCUT2D eigenvalue weighted by molar-refractivity contribution is 5.28. The Morgan fingerprint density at radius 1 is 1.22 bits per heavy atom. The lowest BCUT2D eigenvalue weighted by Crippen LogP contribution is -2.24. The van der Waals surface area contributed by atoms with Crippen LogP contribution in [0.5, 0.6) is 0 Å². The van der Waals surface area contributed by atoms with Crippen molar-refractivity contribution in [2.45, 2.75) is 32.3 Å². The van der Waals surface area contributed by atoms with Gasteiger partial charge in [0.2, 0.25) is 0 Å². The Morgan fingerprint density at radius 3 is 2.39 bits per heavy atom. The molecule has 2 aromatic rings. The van der Waals surface area contributed by atoms with Gasteiger partial charge in [-0.25, -0.2) is 0 Å². The van der Waals surface area contributed by atoms with Gasteiger partial charge < -0.3 is 5.11 Å². The van der Waals surface area contributed by atoms with Crippen LogP contribution in [-0.2, 0) is 25.5 Å². The first kappa shape index (κ1) is 12.8. The van der Waals surface area contributed by atoms with Crippen molar-refractivity contribution in [3.63, 3.8) is 0 Å². The summed E-state index contributed by atoms with van der Waals surface area (Å²) >= 11 is 0. The minimum absolute atomic E-state index is 0.527. The van der Waals surface area contributed by atoms with Crippen molar-refractivity contribution in [1.29, 1.82) is 0 Å². The quantitative estimate of drug-likeness (QED) is 0.897. The minimum Gasteiger partial charge on any atom is -0.385 e. The normalized spacial score (nSPS) is 14.4. The van der Waals surface area contributed by atoms with E-state index in [-0.39, 0.29) is 0 Å². The minimum atomic E-state index is -0.874. The smallest absolute Gasteiger partial charge is 0.0924 e. The first-order valence-electron chi connectivity index (χ1n) is 6.31. The molecule has 1 atom stereocenters. The van der Waals surface area contributed by atoms with Crippen molar-refractivity contribution in [2.24, 2.45) is 7.05 Å². The summed E-state index contributed by atoms with van der Waals surface area (Å²) in [5.74, 6) is 0. The van der Waals surface area contributed by atoms with Crippen LogP contribution in [0.15, 0.2) is 36.5 Å². The fourth-order valence-corrected chi connectivity index (χ4v) is 2.11. The molecule has 1 N–H and O–H groups in total. The Labute approximate surface area is 108 Å². The van der Waals surface area contributed by atoms with Crippen molar-refractivity contribution >= 4 is 0 Å². The van der Waals surface area contributed by atoms with Crippen molar-refractivity contribution in [2.75, 3.05) is 0 Å². The third-order valence-corrected chi connectivity index (χ3v) is 3.28. The van der Waals surface area contributed by atoms with Crippen LogP contribution >= 0.6 is 0 Å². The zero-order valence-electron chi connectivity index (χ0n) is 11.2. The van der Waals surface area contributed by atoms with Gasteiger partial charge in [0.05, 0.1) is 11.3 Å². The fourth-order valence-electron chi connectivity index (χ4n) is 2.11. The molecule has 0 amide bonds. The number of hydrogen-bond donors (Lipinski definition) is 1. The second kappa shape index (κ2) is 4.94. The second-order valence-corrected chi connectivity index (χ2v) is 4.98. The predicted molar refractivity (Wildman–Crippen MR) is 72.3 cm³/mol. The molecule has 1 heterocycles. The summed E-state index contributed by atoms with van der Waals surface area (Å²) in [6.07, 6.45) is 3.44. The molecule has 0 saturated carbocycles.